The summed E-state index contributed by atoms with van der Waals surface area (Å²) in [6, 6.07) is 12.4. The number of pyridine rings is 1. The predicted molar refractivity (Wildman–Crippen MR) is 137 cm³/mol. The van der Waals surface area contributed by atoms with Crippen LogP contribution in [0.2, 0.25) is 0 Å². The van der Waals surface area contributed by atoms with E-state index < -0.39 is 17.3 Å². The fraction of sp³-hybridized carbons (Fsp3) is 0.321. The first-order valence-electron chi connectivity index (χ1n) is 12.6. The molecule has 2 aromatic heterocycles. The lowest BCUT2D eigenvalue weighted by Crippen LogP contribution is -2.59. The maximum absolute atomic E-state index is 14.0. The highest BCUT2D eigenvalue weighted by atomic mass is 19.1. The highest BCUT2D eigenvalue weighted by Crippen LogP contribution is 2.43. The van der Waals surface area contributed by atoms with Gasteiger partial charge in [0.25, 0.3) is 0 Å². The zero-order valence-electron chi connectivity index (χ0n) is 20.9. The average molecular weight is 520 g/mol. The van der Waals surface area contributed by atoms with Crippen molar-refractivity contribution in [3.05, 3.63) is 94.3 Å². The number of benzene rings is 2. The Morgan fingerprint density at radius 2 is 1.74 bits per heavy atom. The summed E-state index contributed by atoms with van der Waals surface area (Å²) >= 11 is 0. The predicted octanol–water partition coefficient (Wildman–Crippen LogP) is 4.47. The molecule has 2 aromatic carbocycles. The van der Waals surface area contributed by atoms with Crippen LogP contribution in [0.25, 0.3) is 5.69 Å². The van der Waals surface area contributed by atoms with Crippen molar-refractivity contribution in [1.29, 1.82) is 0 Å². The molecule has 0 radical (unpaired) electrons. The lowest BCUT2D eigenvalue weighted by atomic mass is 9.73. The van der Waals surface area contributed by atoms with E-state index in [9.17, 15) is 13.6 Å². The van der Waals surface area contributed by atoms with Crippen molar-refractivity contribution in [2.75, 3.05) is 31.2 Å². The van der Waals surface area contributed by atoms with E-state index in [-0.39, 0.29) is 12.1 Å². The largest absolute Gasteiger partial charge is 0.457 e. The maximum atomic E-state index is 14.0. The molecule has 38 heavy (non-hydrogen) atoms. The third-order valence-corrected chi connectivity index (χ3v) is 7.47. The number of anilines is 1. The van der Waals surface area contributed by atoms with Crippen molar-refractivity contribution in [3.63, 3.8) is 0 Å². The van der Waals surface area contributed by atoms with Crippen LogP contribution >= 0.6 is 0 Å². The maximum Gasteiger partial charge on any atom is 0.350 e. The van der Waals surface area contributed by atoms with Crippen LogP contribution in [-0.4, -0.2) is 45.6 Å². The summed E-state index contributed by atoms with van der Waals surface area (Å²) in [5.74, 6) is 0.818. The molecule has 2 aliphatic rings. The average Bonchev–Trinajstić information content (AvgIpc) is 3.27. The fourth-order valence-corrected chi connectivity index (χ4v) is 5.23. The minimum atomic E-state index is -0.710. The van der Waals surface area contributed by atoms with Crippen LogP contribution in [0, 0.1) is 24.0 Å². The molecule has 2 fully saturated rings. The number of ether oxygens (including phenoxy) is 2. The van der Waals surface area contributed by atoms with Gasteiger partial charge in [0.2, 0.25) is 0 Å². The Morgan fingerprint density at radius 3 is 2.45 bits per heavy atom. The van der Waals surface area contributed by atoms with Gasteiger partial charge in [-0.1, -0.05) is 6.07 Å². The van der Waals surface area contributed by atoms with Crippen LogP contribution in [0.1, 0.15) is 24.0 Å². The quantitative estimate of drug-likeness (QED) is 0.374. The van der Waals surface area contributed by atoms with Gasteiger partial charge in [-0.25, -0.2) is 18.6 Å². The molecular weight excluding hydrogens is 492 g/mol. The molecule has 0 bridgehead atoms. The normalized spacial score (nSPS) is 16.4. The van der Waals surface area contributed by atoms with E-state index in [1.807, 2.05) is 13.0 Å². The van der Waals surface area contributed by atoms with Crippen LogP contribution in [0.3, 0.4) is 0 Å². The summed E-state index contributed by atoms with van der Waals surface area (Å²) in [7, 11) is 0. The summed E-state index contributed by atoms with van der Waals surface area (Å²) in [6.07, 6.45) is 5.20. The molecule has 196 valence electrons. The van der Waals surface area contributed by atoms with Gasteiger partial charge in [0, 0.05) is 49.0 Å². The Hall–Kier alpha value is -4.05. The Morgan fingerprint density at radius 1 is 1.03 bits per heavy atom. The topological polar surface area (TPSA) is 74.4 Å². The minimum absolute atomic E-state index is 0.189. The molecule has 0 saturated carbocycles. The van der Waals surface area contributed by atoms with Crippen LogP contribution in [-0.2, 0) is 11.3 Å². The molecule has 2 saturated heterocycles. The van der Waals surface area contributed by atoms with Crippen LogP contribution in [0.4, 0.5) is 14.6 Å². The molecule has 0 N–H and O–H groups in total. The van der Waals surface area contributed by atoms with Gasteiger partial charge in [0.15, 0.2) is 0 Å². The van der Waals surface area contributed by atoms with E-state index in [4.69, 9.17) is 9.47 Å². The molecule has 0 aliphatic carbocycles. The third kappa shape index (κ3) is 4.45. The molecule has 6 rings (SSSR count). The van der Waals surface area contributed by atoms with E-state index in [2.05, 4.69) is 15.0 Å². The standard InChI is InChI=1S/C28H27F2N5O3/c1-19-25(9-12-31-26(19)34-16-28(17-34)10-13-37-14-11-28)38-21-7-5-20(6-8-21)35-27(36)33(18-32-35)15-22-23(29)3-2-4-24(22)30/h2-9,12,18H,10-11,13-17H2,1H3. The fourth-order valence-electron chi connectivity index (χ4n) is 5.23. The van der Waals surface area contributed by atoms with Crippen LogP contribution < -0.4 is 15.3 Å². The molecule has 2 aliphatic heterocycles. The lowest BCUT2D eigenvalue weighted by molar-refractivity contribution is -0.000503. The van der Waals surface area contributed by atoms with E-state index >= 15 is 0 Å². The van der Waals surface area contributed by atoms with Crippen LogP contribution in [0.15, 0.2) is 65.8 Å². The number of rotatable bonds is 6. The second-order valence-electron chi connectivity index (χ2n) is 9.98. The van der Waals surface area contributed by atoms with Gasteiger partial charge < -0.3 is 14.4 Å². The highest BCUT2D eigenvalue weighted by Gasteiger charge is 2.44. The summed E-state index contributed by atoms with van der Waals surface area (Å²) < 4.78 is 42.0. The smallest absolute Gasteiger partial charge is 0.350 e. The molecule has 10 heteroatoms. The number of hydrogen-bond acceptors (Lipinski definition) is 6. The van der Waals surface area contributed by atoms with Crippen molar-refractivity contribution in [1.82, 2.24) is 19.3 Å². The molecule has 8 nitrogen and oxygen atoms in total. The number of hydrogen-bond donors (Lipinski definition) is 0. The summed E-state index contributed by atoms with van der Waals surface area (Å²) in [5.41, 5.74) is 1.12. The lowest BCUT2D eigenvalue weighted by Gasteiger charge is -2.53. The Labute approximate surface area is 218 Å². The van der Waals surface area contributed by atoms with Crippen molar-refractivity contribution < 1.29 is 18.3 Å². The zero-order valence-corrected chi connectivity index (χ0v) is 20.9. The van der Waals surface area contributed by atoms with Crippen LogP contribution in [0.5, 0.6) is 11.5 Å². The van der Waals surface area contributed by atoms with E-state index in [0.29, 0.717) is 22.6 Å². The molecule has 4 aromatic rings. The summed E-state index contributed by atoms with van der Waals surface area (Å²) in [5, 5.41) is 4.11. The first-order chi connectivity index (χ1) is 18.4. The second kappa shape index (κ2) is 9.68. The first-order valence-corrected chi connectivity index (χ1v) is 12.6. The van der Waals surface area contributed by atoms with Crippen molar-refractivity contribution in [2.24, 2.45) is 5.41 Å². The molecular formula is C28H27F2N5O3. The Bertz CT molecular complexity index is 1500. The second-order valence-corrected chi connectivity index (χ2v) is 9.98. The van der Waals surface area contributed by atoms with Gasteiger partial charge in [0.1, 0.15) is 35.3 Å². The molecule has 4 heterocycles. The highest BCUT2D eigenvalue weighted by molar-refractivity contribution is 5.56. The van der Waals surface area contributed by atoms with Gasteiger partial charge >= 0.3 is 5.69 Å². The Kier molecular flexibility index (Phi) is 6.19. The number of halogens is 2. The summed E-state index contributed by atoms with van der Waals surface area (Å²) in [4.78, 5) is 19.7. The zero-order chi connectivity index (χ0) is 26.3. The molecule has 0 unspecified atom stereocenters. The van der Waals surface area contributed by atoms with Crippen molar-refractivity contribution >= 4 is 5.82 Å². The number of aromatic nitrogens is 4. The van der Waals surface area contributed by atoms with Crippen molar-refractivity contribution in [3.8, 4) is 17.2 Å². The van der Waals surface area contributed by atoms with Gasteiger partial charge in [-0.3, -0.25) is 4.57 Å². The van der Waals surface area contributed by atoms with E-state index in [0.717, 1.165) is 67.2 Å². The molecule has 0 amide bonds. The van der Waals surface area contributed by atoms with Gasteiger partial charge in [-0.15, -0.1) is 0 Å². The number of nitrogens with zero attached hydrogens (tertiary/aromatic N) is 5. The monoisotopic (exact) mass is 519 g/mol. The van der Waals surface area contributed by atoms with Gasteiger partial charge in [-0.05, 0) is 62.2 Å². The van der Waals surface area contributed by atoms with Gasteiger partial charge in [0.05, 0.1) is 12.2 Å². The SMILES string of the molecule is Cc1c(Oc2ccc(-n3ncn(Cc4c(F)cccc4F)c3=O)cc2)ccnc1N1CC2(CCOCC2)C1. The van der Waals surface area contributed by atoms with E-state index in [1.165, 1.54) is 17.1 Å². The Balaban J connectivity index is 1.16. The molecule has 1 spiro atoms. The first kappa shape index (κ1) is 24.3. The third-order valence-electron chi connectivity index (χ3n) is 7.47. The van der Waals surface area contributed by atoms with Gasteiger partial charge in [-0.2, -0.15) is 9.78 Å². The summed E-state index contributed by atoms with van der Waals surface area (Å²) in [6.45, 7) is 5.37. The minimum Gasteiger partial charge on any atom is -0.457 e. The van der Waals surface area contributed by atoms with Crippen molar-refractivity contribution in [2.45, 2.75) is 26.3 Å². The van der Waals surface area contributed by atoms with E-state index in [1.54, 1.807) is 30.5 Å². The molecule has 0 atom stereocenters.